The van der Waals surface area contributed by atoms with Crippen molar-refractivity contribution < 1.29 is 37.8 Å². The van der Waals surface area contributed by atoms with E-state index in [2.05, 4.69) is 0 Å². The Morgan fingerprint density at radius 2 is 1.85 bits per heavy atom. The van der Waals surface area contributed by atoms with E-state index in [9.17, 15) is 23.9 Å². The Bertz CT molecular complexity index is 1220. The van der Waals surface area contributed by atoms with Gasteiger partial charge in [-0.15, -0.1) is 0 Å². The van der Waals surface area contributed by atoms with Crippen LogP contribution in [0.5, 0.6) is 0 Å². The number of hydrogen-bond acceptors (Lipinski definition) is 7. The topological polar surface area (TPSA) is 106 Å². The Morgan fingerprint density at radius 3 is 2.62 bits per heavy atom. The van der Waals surface area contributed by atoms with E-state index in [4.69, 9.17) is 13.9 Å². The normalized spacial score (nSPS) is 17.7. The zero-order valence-corrected chi connectivity index (χ0v) is 18.5. The summed E-state index contributed by atoms with van der Waals surface area (Å²) in [7, 11) is 0. The number of hydrogen-bond donors (Lipinski definition) is 1. The van der Waals surface area contributed by atoms with E-state index in [1.807, 2.05) is 0 Å². The van der Waals surface area contributed by atoms with Crippen molar-refractivity contribution in [3.05, 3.63) is 71.2 Å². The number of furan rings is 1. The Labute approximate surface area is 194 Å². The van der Waals surface area contributed by atoms with Crippen LogP contribution in [0, 0.1) is 5.82 Å². The van der Waals surface area contributed by atoms with Gasteiger partial charge in [-0.05, 0) is 24.6 Å². The van der Waals surface area contributed by atoms with Crippen molar-refractivity contribution in [3.8, 4) is 0 Å². The second-order valence-corrected chi connectivity index (χ2v) is 7.95. The molecule has 178 valence electrons. The number of ether oxygens (including phenoxy) is 2. The van der Waals surface area contributed by atoms with Crippen LogP contribution in [0.25, 0.3) is 11.0 Å². The molecule has 1 aliphatic rings. The molecule has 2 atom stereocenters. The fraction of sp³-hybridized carbons (Fsp3) is 0.320. The molecule has 1 N–H and O–H groups in total. The first-order valence-electron chi connectivity index (χ1n) is 10.9. The minimum Gasteiger partial charge on any atom is -0.460 e. The van der Waals surface area contributed by atoms with E-state index < -0.39 is 35.8 Å². The summed E-state index contributed by atoms with van der Waals surface area (Å²) in [5, 5.41) is 10.7. The van der Waals surface area contributed by atoms with Crippen molar-refractivity contribution in [2.24, 2.45) is 0 Å². The standard InChI is InChI=1S/C25H24FNO7/c1-2-32-25(31)23-18(17-8-4-6-10-21(17)34-23)14-33-24(30)20-12-16(28)13-27(20)22(29)11-15-7-3-5-9-19(15)26/h3-10,16,20,28H,2,11-14H2,1H3. The van der Waals surface area contributed by atoms with Gasteiger partial charge in [-0.25, -0.2) is 14.0 Å². The van der Waals surface area contributed by atoms with Crippen LogP contribution in [0.3, 0.4) is 0 Å². The highest BCUT2D eigenvalue weighted by Gasteiger charge is 2.40. The Morgan fingerprint density at radius 1 is 1.12 bits per heavy atom. The summed E-state index contributed by atoms with van der Waals surface area (Å²) in [6.07, 6.45) is -1.16. The molecule has 2 unspecified atom stereocenters. The summed E-state index contributed by atoms with van der Waals surface area (Å²) < 4.78 is 30.1. The largest absolute Gasteiger partial charge is 0.460 e. The third kappa shape index (κ3) is 4.79. The number of rotatable bonds is 7. The van der Waals surface area contributed by atoms with Crippen LogP contribution < -0.4 is 0 Å². The molecule has 3 aromatic rings. The first kappa shape index (κ1) is 23.4. The van der Waals surface area contributed by atoms with Crippen molar-refractivity contribution in [1.29, 1.82) is 0 Å². The Balaban J connectivity index is 1.50. The lowest BCUT2D eigenvalue weighted by Crippen LogP contribution is -2.42. The van der Waals surface area contributed by atoms with Crippen LogP contribution in [-0.2, 0) is 32.1 Å². The number of amides is 1. The van der Waals surface area contributed by atoms with Crippen LogP contribution in [-0.4, -0.2) is 53.1 Å². The van der Waals surface area contributed by atoms with Crippen LogP contribution >= 0.6 is 0 Å². The number of β-amino-alcohol motifs (C(OH)–C–C–N with tert-alkyl or cyclic N) is 1. The van der Waals surface area contributed by atoms with Gasteiger partial charge in [0.05, 0.1) is 24.7 Å². The third-order valence-corrected chi connectivity index (χ3v) is 5.69. The minimum absolute atomic E-state index is 0.00128. The van der Waals surface area contributed by atoms with E-state index in [0.717, 1.165) is 0 Å². The fourth-order valence-corrected chi connectivity index (χ4v) is 4.06. The van der Waals surface area contributed by atoms with E-state index in [1.165, 1.54) is 23.1 Å². The molecule has 0 spiro atoms. The average molecular weight is 469 g/mol. The third-order valence-electron chi connectivity index (χ3n) is 5.69. The number of benzene rings is 2. The van der Waals surface area contributed by atoms with Crippen molar-refractivity contribution in [1.82, 2.24) is 4.90 Å². The lowest BCUT2D eigenvalue weighted by atomic mass is 10.1. The highest BCUT2D eigenvalue weighted by Crippen LogP contribution is 2.28. The Kier molecular flexibility index (Phi) is 6.93. The quantitative estimate of drug-likeness (QED) is 0.530. The zero-order chi connectivity index (χ0) is 24.2. The number of aliphatic hydroxyl groups is 1. The van der Waals surface area contributed by atoms with Crippen LogP contribution in [0.15, 0.2) is 52.9 Å². The molecular weight excluding hydrogens is 445 g/mol. The number of carbonyl (C=O) groups is 3. The number of esters is 2. The van der Waals surface area contributed by atoms with Crippen LogP contribution in [0.4, 0.5) is 4.39 Å². The summed E-state index contributed by atoms with van der Waals surface area (Å²) in [5.41, 5.74) is 0.990. The molecule has 0 radical (unpaired) electrons. The number of likely N-dealkylation sites (tertiary alicyclic amines) is 1. The molecule has 4 rings (SSSR count). The van der Waals surface area contributed by atoms with Gasteiger partial charge in [-0.2, -0.15) is 0 Å². The number of fused-ring (bicyclic) bond motifs is 1. The van der Waals surface area contributed by atoms with Crippen molar-refractivity contribution in [3.63, 3.8) is 0 Å². The monoisotopic (exact) mass is 469 g/mol. The van der Waals surface area contributed by atoms with E-state index in [1.54, 1.807) is 37.3 Å². The molecule has 9 heteroatoms. The van der Waals surface area contributed by atoms with Gasteiger partial charge in [0.1, 0.15) is 24.0 Å². The van der Waals surface area contributed by atoms with Gasteiger partial charge < -0.3 is 23.9 Å². The highest BCUT2D eigenvalue weighted by molar-refractivity contribution is 5.96. The average Bonchev–Trinajstić information content (AvgIpc) is 3.40. The maximum atomic E-state index is 14.0. The lowest BCUT2D eigenvalue weighted by molar-refractivity contribution is -0.154. The highest BCUT2D eigenvalue weighted by atomic mass is 19.1. The maximum Gasteiger partial charge on any atom is 0.374 e. The summed E-state index contributed by atoms with van der Waals surface area (Å²) >= 11 is 0. The molecule has 1 fully saturated rings. The predicted molar refractivity (Wildman–Crippen MR) is 118 cm³/mol. The van der Waals surface area contributed by atoms with E-state index >= 15 is 0 Å². The number of halogens is 1. The Hall–Kier alpha value is -3.72. The van der Waals surface area contributed by atoms with Crippen molar-refractivity contribution >= 4 is 28.8 Å². The molecule has 2 heterocycles. The molecule has 1 saturated heterocycles. The summed E-state index contributed by atoms with van der Waals surface area (Å²) in [5.74, 6) is -2.49. The number of aliphatic hydroxyl groups excluding tert-OH is 1. The molecule has 1 aromatic heterocycles. The molecule has 8 nitrogen and oxygen atoms in total. The maximum absolute atomic E-state index is 14.0. The first-order chi connectivity index (χ1) is 16.4. The van der Waals surface area contributed by atoms with Crippen molar-refractivity contribution in [2.75, 3.05) is 13.2 Å². The second-order valence-electron chi connectivity index (χ2n) is 7.95. The molecule has 1 amide bonds. The molecule has 1 aliphatic heterocycles. The smallest absolute Gasteiger partial charge is 0.374 e. The lowest BCUT2D eigenvalue weighted by Gasteiger charge is -2.23. The summed E-state index contributed by atoms with van der Waals surface area (Å²) in [6, 6.07) is 11.8. The van der Waals surface area contributed by atoms with Gasteiger partial charge in [0.2, 0.25) is 11.7 Å². The van der Waals surface area contributed by atoms with Crippen molar-refractivity contribution in [2.45, 2.75) is 38.5 Å². The first-order valence-corrected chi connectivity index (χ1v) is 10.9. The van der Waals surface area contributed by atoms with Gasteiger partial charge in [0.15, 0.2) is 0 Å². The summed E-state index contributed by atoms with van der Waals surface area (Å²) in [6.45, 7) is 1.47. The molecule has 34 heavy (non-hydrogen) atoms. The molecule has 2 aromatic carbocycles. The van der Waals surface area contributed by atoms with Gasteiger partial charge >= 0.3 is 11.9 Å². The van der Waals surface area contributed by atoms with Gasteiger partial charge in [0.25, 0.3) is 0 Å². The predicted octanol–water partition coefficient (Wildman–Crippen LogP) is 3.00. The fourth-order valence-electron chi connectivity index (χ4n) is 4.06. The van der Waals surface area contributed by atoms with E-state index in [0.29, 0.717) is 16.5 Å². The summed E-state index contributed by atoms with van der Waals surface area (Å²) in [4.78, 5) is 39.3. The zero-order valence-electron chi connectivity index (χ0n) is 18.5. The van der Waals surface area contributed by atoms with Gasteiger partial charge in [0, 0.05) is 18.4 Å². The molecule has 0 aliphatic carbocycles. The number of carbonyl (C=O) groups excluding carboxylic acids is 3. The molecule has 0 bridgehead atoms. The second kappa shape index (κ2) is 10.0. The SMILES string of the molecule is CCOC(=O)c1oc2ccccc2c1COC(=O)C1CC(O)CN1C(=O)Cc1ccccc1F. The van der Waals surface area contributed by atoms with E-state index in [-0.39, 0.29) is 43.9 Å². The van der Waals surface area contributed by atoms with Gasteiger partial charge in [-0.3, -0.25) is 4.79 Å². The molecule has 0 saturated carbocycles. The van der Waals surface area contributed by atoms with Crippen LogP contribution in [0.1, 0.15) is 35.0 Å². The number of para-hydroxylation sites is 1. The van der Waals surface area contributed by atoms with Gasteiger partial charge in [-0.1, -0.05) is 36.4 Å². The van der Waals surface area contributed by atoms with Crippen LogP contribution in [0.2, 0.25) is 0 Å². The number of nitrogens with zero attached hydrogens (tertiary/aromatic N) is 1. The molecular formula is C25H24FNO7. The minimum atomic E-state index is -1.03.